The minimum absolute atomic E-state index is 0.00918. The summed E-state index contributed by atoms with van der Waals surface area (Å²) in [6.45, 7) is 3.44. The van der Waals surface area contributed by atoms with Crippen molar-refractivity contribution in [3.05, 3.63) is 34.0 Å². The summed E-state index contributed by atoms with van der Waals surface area (Å²) in [7, 11) is 0. The molecule has 0 saturated heterocycles. The molecule has 1 atom stereocenters. The van der Waals surface area contributed by atoms with Gasteiger partial charge in [0.1, 0.15) is 6.61 Å². The molecule has 1 N–H and O–H groups in total. The third-order valence-corrected chi connectivity index (χ3v) is 4.19. The molecule has 0 heterocycles. The molecule has 0 aromatic carbocycles. The second kappa shape index (κ2) is 5.91. The molecule has 3 nitrogen and oxygen atoms in total. The first kappa shape index (κ1) is 13.7. The van der Waals surface area contributed by atoms with Crippen LogP contribution in [0, 0.1) is 0 Å². The average molecular weight is 288 g/mol. The van der Waals surface area contributed by atoms with Crippen molar-refractivity contribution in [3.8, 4) is 0 Å². The fraction of sp³-hybridized carbons (Fsp3) is 0.462. The van der Waals surface area contributed by atoms with Crippen LogP contribution in [0.2, 0.25) is 0 Å². The number of amides is 1. The van der Waals surface area contributed by atoms with E-state index >= 15 is 0 Å². The number of carbonyl (C=O) groups excluding carboxylic acids is 1. The number of fused-ring (bicyclic) bond motifs is 4. The van der Waals surface area contributed by atoms with Gasteiger partial charge in [0, 0.05) is 6.42 Å². The lowest BCUT2D eigenvalue weighted by Gasteiger charge is -2.25. The first-order chi connectivity index (χ1) is 8.63. The number of allylic oxidation sites excluding steroid dienone is 2. The highest BCUT2D eigenvalue weighted by molar-refractivity contribution is 6.44. The molecule has 98 valence electrons. The van der Waals surface area contributed by atoms with Crippen LogP contribution >= 0.6 is 23.2 Å². The lowest BCUT2D eigenvalue weighted by molar-refractivity contribution is -0.126. The second-order valence-corrected chi connectivity index (χ2v) is 5.14. The smallest absolute Gasteiger partial charge is 0.249 e. The van der Waals surface area contributed by atoms with E-state index in [4.69, 9.17) is 27.9 Å². The summed E-state index contributed by atoms with van der Waals surface area (Å²) in [5, 5.41) is 3.77. The molecular weight excluding hydrogens is 273 g/mol. The third-order valence-electron chi connectivity index (χ3n) is 3.21. The Morgan fingerprint density at radius 2 is 2.22 bits per heavy atom. The van der Waals surface area contributed by atoms with Gasteiger partial charge in [0.2, 0.25) is 5.91 Å². The van der Waals surface area contributed by atoms with Gasteiger partial charge >= 0.3 is 0 Å². The van der Waals surface area contributed by atoms with Crippen LogP contribution in [0.15, 0.2) is 34.0 Å². The lowest BCUT2D eigenvalue weighted by Crippen LogP contribution is -2.28. The SMILES string of the molecule is C=CNC(=O)COC1CC2=C(Cl)C(Cl)=C1CCC2. The largest absolute Gasteiger partial charge is 0.364 e. The molecule has 0 aliphatic heterocycles. The zero-order valence-electron chi connectivity index (χ0n) is 9.97. The van der Waals surface area contributed by atoms with E-state index in [9.17, 15) is 4.79 Å². The predicted octanol–water partition coefficient (Wildman–Crippen LogP) is 3.20. The van der Waals surface area contributed by atoms with Gasteiger partial charge in [0.15, 0.2) is 0 Å². The van der Waals surface area contributed by atoms with E-state index in [1.54, 1.807) is 0 Å². The standard InChI is InChI=1S/C13H15Cl2NO2/c1-2-16-11(17)7-18-10-6-8-4-3-5-9(10)13(15)12(8)14/h2,10H,1,3-7H2,(H,16,17). The molecule has 2 bridgehead atoms. The third kappa shape index (κ3) is 2.79. The molecule has 3 aliphatic carbocycles. The summed E-state index contributed by atoms with van der Waals surface area (Å²) in [5.41, 5.74) is 2.16. The summed E-state index contributed by atoms with van der Waals surface area (Å²) in [5.74, 6) is -0.207. The zero-order valence-corrected chi connectivity index (χ0v) is 11.5. The van der Waals surface area contributed by atoms with Crippen LogP contribution in [0.5, 0.6) is 0 Å². The zero-order chi connectivity index (χ0) is 13.1. The van der Waals surface area contributed by atoms with Gasteiger partial charge in [-0.2, -0.15) is 0 Å². The Hall–Kier alpha value is -0.770. The van der Waals surface area contributed by atoms with E-state index in [-0.39, 0.29) is 18.6 Å². The summed E-state index contributed by atoms with van der Waals surface area (Å²) < 4.78 is 5.64. The van der Waals surface area contributed by atoms with Crippen LogP contribution in [0.25, 0.3) is 0 Å². The maximum absolute atomic E-state index is 11.3. The fourth-order valence-electron chi connectivity index (χ4n) is 2.34. The molecule has 0 radical (unpaired) electrons. The summed E-state index contributed by atoms with van der Waals surface area (Å²) in [6, 6.07) is 0. The van der Waals surface area contributed by atoms with Crippen molar-refractivity contribution in [2.24, 2.45) is 0 Å². The Morgan fingerprint density at radius 1 is 1.44 bits per heavy atom. The van der Waals surface area contributed by atoms with Crippen LogP contribution in [0.1, 0.15) is 25.7 Å². The topological polar surface area (TPSA) is 38.3 Å². The van der Waals surface area contributed by atoms with Crippen LogP contribution in [-0.2, 0) is 9.53 Å². The van der Waals surface area contributed by atoms with Crippen molar-refractivity contribution in [2.45, 2.75) is 31.8 Å². The van der Waals surface area contributed by atoms with Crippen LogP contribution in [0.3, 0.4) is 0 Å². The Balaban J connectivity index is 2.04. The van der Waals surface area contributed by atoms with Gasteiger partial charge in [0.05, 0.1) is 16.2 Å². The summed E-state index contributed by atoms with van der Waals surface area (Å²) in [6.07, 6.45) is 4.84. The molecule has 18 heavy (non-hydrogen) atoms. The van der Waals surface area contributed by atoms with Gasteiger partial charge < -0.3 is 10.1 Å². The highest BCUT2D eigenvalue weighted by atomic mass is 35.5. The number of halogens is 2. The highest BCUT2D eigenvalue weighted by Gasteiger charge is 2.31. The fourth-order valence-corrected chi connectivity index (χ4v) is 2.98. The van der Waals surface area contributed by atoms with Crippen molar-refractivity contribution >= 4 is 29.1 Å². The van der Waals surface area contributed by atoms with E-state index in [0.717, 1.165) is 36.8 Å². The van der Waals surface area contributed by atoms with E-state index in [1.165, 1.54) is 6.20 Å². The molecule has 3 rings (SSSR count). The summed E-state index contributed by atoms with van der Waals surface area (Å²) in [4.78, 5) is 11.3. The number of rotatable bonds is 4. The molecule has 1 amide bonds. The molecule has 3 aliphatic rings. The number of nitrogens with one attached hydrogen (secondary N) is 1. The van der Waals surface area contributed by atoms with Crippen molar-refractivity contribution in [1.29, 1.82) is 0 Å². The molecule has 0 spiro atoms. The quantitative estimate of drug-likeness (QED) is 0.862. The number of hydrogen-bond acceptors (Lipinski definition) is 2. The van der Waals surface area contributed by atoms with Crippen LogP contribution in [0.4, 0.5) is 0 Å². The monoisotopic (exact) mass is 287 g/mol. The van der Waals surface area contributed by atoms with Gasteiger partial charge in [-0.25, -0.2) is 0 Å². The Bertz CT molecular complexity index is 440. The van der Waals surface area contributed by atoms with Gasteiger partial charge in [0.25, 0.3) is 0 Å². The number of ether oxygens (including phenoxy) is 1. The molecule has 1 saturated carbocycles. The van der Waals surface area contributed by atoms with E-state index in [0.29, 0.717) is 10.1 Å². The minimum Gasteiger partial charge on any atom is -0.364 e. The van der Waals surface area contributed by atoms with Gasteiger partial charge in [-0.15, -0.1) is 0 Å². The first-order valence-electron chi connectivity index (χ1n) is 5.91. The normalized spacial score (nSPS) is 23.1. The predicted molar refractivity (Wildman–Crippen MR) is 72.3 cm³/mol. The molecular formula is C13H15Cl2NO2. The molecule has 0 aromatic rings. The van der Waals surface area contributed by atoms with Gasteiger partial charge in [-0.1, -0.05) is 29.8 Å². The minimum atomic E-state index is -0.207. The summed E-state index contributed by atoms with van der Waals surface area (Å²) >= 11 is 12.4. The Labute approximate surface area is 116 Å². The van der Waals surface area contributed by atoms with Crippen LogP contribution < -0.4 is 5.32 Å². The number of hydrogen-bond donors (Lipinski definition) is 1. The van der Waals surface area contributed by atoms with Crippen LogP contribution in [-0.4, -0.2) is 18.6 Å². The Morgan fingerprint density at radius 3 is 2.94 bits per heavy atom. The maximum Gasteiger partial charge on any atom is 0.249 e. The van der Waals surface area contributed by atoms with Crippen molar-refractivity contribution < 1.29 is 9.53 Å². The second-order valence-electron chi connectivity index (χ2n) is 4.39. The van der Waals surface area contributed by atoms with E-state index in [1.807, 2.05) is 0 Å². The van der Waals surface area contributed by atoms with Crippen molar-refractivity contribution in [3.63, 3.8) is 0 Å². The van der Waals surface area contributed by atoms with E-state index in [2.05, 4.69) is 11.9 Å². The van der Waals surface area contributed by atoms with Gasteiger partial charge in [-0.05, 0) is 36.6 Å². The molecule has 1 unspecified atom stereocenters. The average Bonchev–Trinajstić information content (AvgIpc) is 2.63. The van der Waals surface area contributed by atoms with Crippen molar-refractivity contribution in [2.75, 3.05) is 6.61 Å². The van der Waals surface area contributed by atoms with Gasteiger partial charge in [-0.3, -0.25) is 4.79 Å². The first-order valence-corrected chi connectivity index (χ1v) is 6.67. The van der Waals surface area contributed by atoms with E-state index < -0.39 is 0 Å². The lowest BCUT2D eigenvalue weighted by atomic mass is 9.97. The highest BCUT2D eigenvalue weighted by Crippen LogP contribution is 2.43. The molecule has 0 aromatic heterocycles. The maximum atomic E-state index is 11.3. The molecule has 5 heteroatoms. The number of carbonyl (C=O) groups is 1. The Kier molecular flexibility index (Phi) is 4.49. The molecule has 1 fully saturated rings. The van der Waals surface area contributed by atoms with Crippen molar-refractivity contribution in [1.82, 2.24) is 5.32 Å².